The first kappa shape index (κ1) is 9.84. The minimum absolute atomic E-state index is 0.233. The molecule has 1 saturated heterocycles. The van der Waals surface area contributed by atoms with E-state index in [-0.39, 0.29) is 6.04 Å². The fraction of sp³-hybridized carbons (Fsp3) is 0.636. The Kier molecular flexibility index (Phi) is 2.21. The molecule has 86 valence electrons. The van der Waals surface area contributed by atoms with Crippen molar-refractivity contribution in [2.24, 2.45) is 0 Å². The number of nitrogens with one attached hydrogen (secondary N) is 1. The smallest absolute Gasteiger partial charge is 0.354 e. The maximum Gasteiger partial charge on any atom is 0.354 e. The van der Waals surface area contributed by atoms with Crippen LogP contribution in [0.5, 0.6) is 0 Å². The molecule has 1 aromatic rings. The third kappa shape index (κ3) is 1.35. The zero-order valence-corrected chi connectivity index (χ0v) is 9.07. The molecule has 0 amide bonds. The number of aromatic carboxylic acids is 1. The van der Waals surface area contributed by atoms with Gasteiger partial charge in [-0.2, -0.15) is 5.10 Å². The van der Waals surface area contributed by atoms with Gasteiger partial charge in [0.05, 0.1) is 11.7 Å². The minimum atomic E-state index is -0.831. The number of nitrogens with zero attached hydrogens (tertiary/aromatic N) is 2. The Morgan fingerprint density at radius 3 is 2.75 bits per heavy atom. The van der Waals surface area contributed by atoms with Crippen LogP contribution < -0.4 is 5.32 Å². The van der Waals surface area contributed by atoms with Gasteiger partial charge in [-0.05, 0) is 25.7 Å². The van der Waals surface area contributed by atoms with Gasteiger partial charge in [0.2, 0.25) is 0 Å². The SMILES string of the molecule is O=C(O)c1c2c(nn1C1CNC1)CCCC2. The van der Waals surface area contributed by atoms with Gasteiger partial charge >= 0.3 is 5.97 Å². The number of aromatic nitrogens is 2. The lowest BCUT2D eigenvalue weighted by molar-refractivity contribution is 0.0676. The first-order chi connectivity index (χ1) is 7.77. The molecule has 3 rings (SSSR count). The third-order valence-electron chi connectivity index (χ3n) is 3.49. The summed E-state index contributed by atoms with van der Waals surface area (Å²) in [5, 5.41) is 16.9. The summed E-state index contributed by atoms with van der Waals surface area (Å²) < 4.78 is 1.73. The average molecular weight is 221 g/mol. The van der Waals surface area contributed by atoms with Crippen molar-refractivity contribution in [3.63, 3.8) is 0 Å². The van der Waals surface area contributed by atoms with Crippen LogP contribution in [0.15, 0.2) is 0 Å². The Labute approximate surface area is 93.5 Å². The van der Waals surface area contributed by atoms with Crippen LogP contribution in [0.3, 0.4) is 0 Å². The number of rotatable bonds is 2. The number of fused-ring (bicyclic) bond motifs is 1. The molecule has 0 saturated carbocycles. The van der Waals surface area contributed by atoms with Crippen molar-refractivity contribution in [3.8, 4) is 0 Å². The Morgan fingerprint density at radius 2 is 2.12 bits per heavy atom. The van der Waals surface area contributed by atoms with Crippen LogP contribution >= 0.6 is 0 Å². The van der Waals surface area contributed by atoms with E-state index < -0.39 is 5.97 Å². The molecule has 0 bridgehead atoms. The lowest BCUT2D eigenvalue weighted by atomic mass is 9.96. The van der Waals surface area contributed by atoms with Gasteiger partial charge in [-0.15, -0.1) is 0 Å². The number of carboxylic acids is 1. The van der Waals surface area contributed by atoms with E-state index in [9.17, 15) is 9.90 Å². The summed E-state index contributed by atoms with van der Waals surface area (Å²) in [6.07, 6.45) is 4.02. The standard InChI is InChI=1S/C11H15N3O2/c15-11(16)10-8-3-1-2-4-9(8)13-14(10)7-5-12-6-7/h7,12H,1-6H2,(H,15,16). The maximum atomic E-state index is 11.3. The lowest BCUT2D eigenvalue weighted by Gasteiger charge is -2.28. The van der Waals surface area contributed by atoms with Crippen LogP contribution in [-0.2, 0) is 12.8 Å². The Morgan fingerprint density at radius 1 is 1.38 bits per heavy atom. The number of hydrogen-bond acceptors (Lipinski definition) is 3. The molecule has 0 spiro atoms. The van der Waals surface area contributed by atoms with Gasteiger partial charge in [-0.1, -0.05) is 0 Å². The second kappa shape index (κ2) is 3.59. The van der Waals surface area contributed by atoms with E-state index in [0.29, 0.717) is 5.69 Å². The second-order valence-electron chi connectivity index (χ2n) is 4.54. The van der Waals surface area contributed by atoms with Crippen LogP contribution in [0.4, 0.5) is 0 Å². The predicted molar refractivity (Wildman–Crippen MR) is 57.7 cm³/mol. The van der Waals surface area contributed by atoms with Crippen molar-refractivity contribution in [2.45, 2.75) is 31.7 Å². The molecule has 16 heavy (non-hydrogen) atoms. The molecule has 0 aromatic carbocycles. The summed E-state index contributed by atoms with van der Waals surface area (Å²) in [5.41, 5.74) is 2.42. The molecule has 1 aliphatic carbocycles. The van der Waals surface area contributed by atoms with Crippen molar-refractivity contribution < 1.29 is 9.90 Å². The van der Waals surface area contributed by atoms with Crippen molar-refractivity contribution >= 4 is 5.97 Å². The molecule has 5 nitrogen and oxygen atoms in total. The predicted octanol–water partition coefficient (Wildman–Crippen LogP) is 0.604. The quantitative estimate of drug-likeness (QED) is 0.767. The highest BCUT2D eigenvalue weighted by Crippen LogP contribution is 2.27. The van der Waals surface area contributed by atoms with E-state index in [0.717, 1.165) is 50.0 Å². The fourth-order valence-electron chi connectivity index (χ4n) is 2.51. The van der Waals surface area contributed by atoms with Crippen LogP contribution in [0.1, 0.15) is 40.6 Å². The van der Waals surface area contributed by atoms with Gasteiger partial charge in [-0.3, -0.25) is 4.68 Å². The lowest BCUT2D eigenvalue weighted by Crippen LogP contribution is -2.44. The van der Waals surface area contributed by atoms with Gasteiger partial charge in [-0.25, -0.2) is 4.79 Å². The first-order valence-corrected chi connectivity index (χ1v) is 5.81. The highest BCUT2D eigenvalue weighted by molar-refractivity contribution is 5.88. The largest absolute Gasteiger partial charge is 0.477 e. The Hall–Kier alpha value is -1.36. The summed E-state index contributed by atoms with van der Waals surface area (Å²) in [6.45, 7) is 1.67. The molecule has 2 aliphatic rings. The Bertz CT molecular complexity index is 435. The number of carboxylic acid groups (broad SMARTS) is 1. The van der Waals surface area contributed by atoms with Gasteiger partial charge in [0.1, 0.15) is 5.69 Å². The van der Waals surface area contributed by atoms with E-state index in [2.05, 4.69) is 10.4 Å². The fourth-order valence-corrected chi connectivity index (χ4v) is 2.51. The number of aryl methyl sites for hydroxylation is 1. The summed E-state index contributed by atoms with van der Waals surface area (Å²) in [6, 6.07) is 0.233. The molecule has 1 aliphatic heterocycles. The molecule has 0 radical (unpaired) electrons. The van der Waals surface area contributed by atoms with Gasteiger partial charge < -0.3 is 10.4 Å². The zero-order valence-electron chi connectivity index (χ0n) is 9.07. The van der Waals surface area contributed by atoms with Gasteiger partial charge in [0.15, 0.2) is 0 Å². The van der Waals surface area contributed by atoms with E-state index in [1.54, 1.807) is 4.68 Å². The van der Waals surface area contributed by atoms with Gasteiger partial charge in [0, 0.05) is 18.7 Å². The summed E-state index contributed by atoms with van der Waals surface area (Å²) >= 11 is 0. The monoisotopic (exact) mass is 221 g/mol. The first-order valence-electron chi connectivity index (χ1n) is 5.81. The van der Waals surface area contributed by atoms with E-state index in [1.807, 2.05) is 0 Å². The zero-order chi connectivity index (χ0) is 11.1. The molecule has 5 heteroatoms. The topological polar surface area (TPSA) is 67.1 Å². The minimum Gasteiger partial charge on any atom is -0.477 e. The average Bonchev–Trinajstić information content (AvgIpc) is 2.53. The molecule has 0 atom stereocenters. The Balaban J connectivity index is 2.08. The van der Waals surface area contributed by atoms with Crippen LogP contribution in [0, 0.1) is 0 Å². The highest BCUT2D eigenvalue weighted by Gasteiger charge is 2.30. The normalized spacial score (nSPS) is 20.2. The molecular formula is C11H15N3O2. The van der Waals surface area contributed by atoms with Crippen LogP contribution in [-0.4, -0.2) is 33.9 Å². The van der Waals surface area contributed by atoms with Crippen molar-refractivity contribution in [1.29, 1.82) is 0 Å². The number of carbonyl (C=O) groups is 1. The van der Waals surface area contributed by atoms with E-state index in [4.69, 9.17) is 0 Å². The van der Waals surface area contributed by atoms with Crippen molar-refractivity contribution in [3.05, 3.63) is 17.0 Å². The molecule has 1 fully saturated rings. The van der Waals surface area contributed by atoms with Gasteiger partial charge in [0.25, 0.3) is 0 Å². The van der Waals surface area contributed by atoms with Crippen molar-refractivity contribution in [2.75, 3.05) is 13.1 Å². The van der Waals surface area contributed by atoms with Crippen molar-refractivity contribution in [1.82, 2.24) is 15.1 Å². The van der Waals surface area contributed by atoms with Crippen LogP contribution in [0.25, 0.3) is 0 Å². The second-order valence-corrected chi connectivity index (χ2v) is 4.54. The van der Waals surface area contributed by atoms with Crippen LogP contribution in [0.2, 0.25) is 0 Å². The molecule has 2 heterocycles. The summed E-state index contributed by atoms with van der Waals surface area (Å²) in [4.78, 5) is 11.3. The molecule has 1 aromatic heterocycles. The molecular weight excluding hydrogens is 206 g/mol. The third-order valence-corrected chi connectivity index (χ3v) is 3.49. The molecule has 2 N–H and O–H groups in total. The molecule has 0 unspecified atom stereocenters. The summed E-state index contributed by atoms with van der Waals surface area (Å²) in [7, 11) is 0. The number of hydrogen-bond donors (Lipinski definition) is 2. The maximum absolute atomic E-state index is 11.3. The van der Waals surface area contributed by atoms with E-state index >= 15 is 0 Å². The van der Waals surface area contributed by atoms with E-state index in [1.165, 1.54) is 0 Å². The summed E-state index contributed by atoms with van der Waals surface area (Å²) in [5.74, 6) is -0.831. The highest BCUT2D eigenvalue weighted by atomic mass is 16.4.